The number of rotatable bonds is 6. The number of anilines is 2. The van der Waals surface area contributed by atoms with E-state index in [4.69, 9.17) is 0 Å². The second-order valence-corrected chi connectivity index (χ2v) is 6.62. The Morgan fingerprint density at radius 3 is 2.69 bits per heavy atom. The molecule has 0 radical (unpaired) electrons. The number of thioether (sulfide) groups is 1. The lowest BCUT2D eigenvalue weighted by Gasteiger charge is -2.12. The zero-order chi connectivity index (χ0) is 19.3. The summed E-state index contributed by atoms with van der Waals surface area (Å²) in [5.74, 6) is -0.400. The number of halogens is 4. The molecule has 0 spiro atoms. The molecule has 2 N–H and O–H groups in total. The Hall–Kier alpha value is -1.89. The predicted octanol–water partition coefficient (Wildman–Crippen LogP) is 3.69. The van der Waals surface area contributed by atoms with Crippen molar-refractivity contribution in [3.05, 3.63) is 39.2 Å². The molecular formula is C15H12F3IN4O2S. The summed E-state index contributed by atoms with van der Waals surface area (Å²) in [7, 11) is 0. The van der Waals surface area contributed by atoms with Crippen LogP contribution in [0.4, 0.5) is 24.7 Å². The predicted molar refractivity (Wildman–Crippen MR) is 100 cm³/mol. The number of nitrogens with one attached hydrogen (secondary N) is 2. The van der Waals surface area contributed by atoms with Crippen LogP contribution in [0, 0.1) is 3.83 Å². The maximum absolute atomic E-state index is 12.7. The highest BCUT2D eigenvalue weighted by Gasteiger charge is 2.30. The number of aromatic nitrogens is 2. The first-order valence-electron chi connectivity index (χ1n) is 7.02. The molecule has 11 heteroatoms. The molecule has 1 aromatic heterocycles. The number of hydrogen-bond donors (Lipinski definition) is 2. The normalized spacial score (nSPS) is 11.1. The number of hydrogen-bond acceptors (Lipinski definition) is 6. The number of amides is 1. The van der Waals surface area contributed by atoms with Gasteiger partial charge in [0, 0.05) is 28.3 Å². The fourth-order valence-corrected chi connectivity index (χ4v) is 3.15. The van der Waals surface area contributed by atoms with Crippen molar-refractivity contribution in [1.29, 1.82) is 0 Å². The molecule has 0 aliphatic rings. The van der Waals surface area contributed by atoms with Crippen LogP contribution in [-0.2, 0) is 11.0 Å². The van der Waals surface area contributed by atoms with E-state index in [2.05, 4.69) is 20.6 Å². The summed E-state index contributed by atoms with van der Waals surface area (Å²) < 4.78 is 38.5. The van der Waals surface area contributed by atoms with E-state index in [9.17, 15) is 22.8 Å². The minimum absolute atomic E-state index is 0.0179. The Morgan fingerprint density at radius 1 is 1.35 bits per heavy atom. The lowest BCUT2D eigenvalue weighted by Crippen LogP contribution is -2.23. The van der Waals surface area contributed by atoms with Crippen LogP contribution in [0.2, 0.25) is 0 Å². The van der Waals surface area contributed by atoms with Crippen LogP contribution in [0.15, 0.2) is 29.3 Å². The van der Waals surface area contributed by atoms with Gasteiger partial charge < -0.3 is 10.6 Å². The van der Waals surface area contributed by atoms with E-state index in [1.54, 1.807) is 6.26 Å². The molecule has 138 valence electrons. The van der Waals surface area contributed by atoms with E-state index in [0.717, 1.165) is 12.1 Å². The molecule has 1 amide bonds. The molecule has 0 saturated carbocycles. The largest absolute Gasteiger partial charge is 0.416 e. The van der Waals surface area contributed by atoms with Crippen LogP contribution < -0.4 is 10.6 Å². The zero-order valence-electron chi connectivity index (χ0n) is 13.2. The maximum Gasteiger partial charge on any atom is 0.416 e. The van der Waals surface area contributed by atoms with Crippen molar-refractivity contribution >= 4 is 58.1 Å². The third-order valence-electron chi connectivity index (χ3n) is 3.08. The van der Waals surface area contributed by atoms with Crippen LogP contribution in [0.3, 0.4) is 0 Å². The van der Waals surface area contributed by atoms with E-state index < -0.39 is 17.6 Å². The van der Waals surface area contributed by atoms with E-state index >= 15 is 0 Å². The minimum atomic E-state index is -4.50. The Balaban J connectivity index is 2.08. The summed E-state index contributed by atoms with van der Waals surface area (Å²) >= 11 is 3.13. The highest BCUT2D eigenvalue weighted by Crippen LogP contribution is 2.30. The van der Waals surface area contributed by atoms with Crippen molar-refractivity contribution in [2.24, 2.45) is 0 Å². The molecule has 0 saturated heterocycles. The van der Waals surface area contributed by atoms with Crippen LogP contribution in [-0.4, -0.2) is 35.0 Å². The maximum atomic E-state index is 12.7. The van der Waals surface area contributed by atoms with Gasteiger partial charge in [-0.05, 0) is 24.5 Å². The highest BCUT2D eigenvalue weighted by atomic mass is 127. The van der Waals surface area contributed by atoms with Crippen LogP contribution >= 0.6 is 34.4 Å². The van der Waals surface area contributed by atoms with Gasteiger partial charge in [0.25, 0.3) is 0 Å². The lowest BCUT2D eigenvalue weighted by molar-refractivity contribution is -0.137. The number of nitrogens with zero attached hydrogens (tertiary/aromatic N) is 2. The van der Waals surface area contributed by atoms with Gasteiger partial charge in [-0.1, -0.05) is 6.07 Å². The van der Waals surface area contributed by atoms with Crippen molar-refractivity contribution in [2.75, 3.05) is 23.4 Å². The first-order chi connectivity index (χ1) is 12.2. The fourth-order valence-electron chi connectivity index (χ4n) is 1.96. The lowest BCUT2D eigenvalue weighted by atomic mass is 10.2. The molecule has 0 aliphatic heterocycles. The fraction of sp³-hybridized carbons (Fsp3) is 0.200. The molecule has 2 aromatic rings. The van der Waals surface area contributed by atoms with E-state index in [1.807, 2.05) is 22.6 Å². The summed E-state index contributed by atoms with van der Waals surface area (Å²) in [5, 5.41) is 5.53. The molecular weight excluding hydrogens is 484 g/mol. The molecule has 0 bridgehead atoms. The van der Waals surface area contributed by atoms with Crippen molar-refractivity contribution in [2.45, 2.75) is 11.2 Å². The second-order valence-electron chi connectivity index (χ2n) is 4.86. The molecule has 0 atom stereocenters. The van der Waals surface area contributed by atoms with Crippen LogP contribution in [0.1, 0.15) is 15.9 Å². The van der Waals surface area contributed by atoms with Gasteiger partial charge >= 0.3 is 6.18 Å². The summed E-state index contributed by atoms with van der Waals surface area (Å²) in [6.07, 6.45) is -2.17. The Morgan fingerprint density at radius 2 is 2.08 bits per heavy atom. The molecule has 2 rings (SSSR count). The van der Waals surface area contributed by atoms with Crippen molar-refractivity contribution < 1.29 is 22.8 Å². The number of benzene rings is 1. The van der Waals surface area contributed by atoms with Gasteiger partial charge in [-0.25, -0.2) is 9.97 Å². The number of carbonyl (C=O) groups is 2. The molecule has 1 heterocycles. The van der Waals surface area contributed by atoms with Crippen LogP contribution in [0.25, 0.3) is 0 Å². The number of aldehydes is 1. The van der Waals surface area contributed by atoms with Gasteiger partial charge in [0.2, 0.25) is 5.91 Å². The number of carbonyl (C=O) groups excluding carboxylic acids is 2. The zero-order valence-corrected chi connectivity index (χ0v) is 16.2. The van der Waals surface area contributed by atoms with E-state index in [0.29, 0.717) is 15.1 Å². The third kappa shape index (κ3) is 5.30. The Labute approximate surface area is 164 Å². The summed E-state index contributed by atoms with van der Waals surface area (Å²) in [4.78, 5) is 31.4. The average molecular weight is 496 g/mol. The Kier molecular flexibility index (Phi) is 6.81. The molecule has 0 aliphatic carbocycles. The third-order valence-corrected chi connectivity index (χ3v) is 4.26. The van der Waals surface area contributed by atoms with E-state index in [-0.39, 0.29) is 23.6 Å². The average Bonchev–Trinajstić information content (AvgIpc) is 2.58. The smallest absolute Gasteiger partial charge is 0.360 e. The van der Waals surface area contributed by atoms with Crippen molar-refractivity contribution in [3.63, 3.8) is 0 Å². The first kappa shape index (κ1) is 20.4. The summed E-state index contributed by atoms with van der Waals surface area (Å²) in [5.41, 5.74) is -0.629. The molecule has 0 fully saturated rings. The molecule has 0 unspecified atom stereocenters. The highest BCUT2D eigenvalue weighted by molar-refractivity contribution is 14.1. The SMILES string of the molecule is CSc1nc(I)nc(NCC(=O)Nc2cccc(C(F)(F)F)c2)c1C=O. The quantitative estimate of drug-likeness (QED) is 0.209. The summed E-state index contributed by atoms with van der Waals surface area (Å²) in [6, 6.07) is 4.31. The number of alkyl halides is 3. The van der Waals surface area contributed by atoms with Gasteiger partial charge in [0.05, 0.1) is 17.7 Å². The van der Waals surface area contributed by atoms with Gasteiger partial charge in [-0.15, -0.1) is 11.8 Å². The van der Waals surface area contributed by atoms with Gasteiger partial charge in [-0.3, -0.25) is 9.59 Å². The van der Waals surface area contributed by atoms with E-state index in [1.165, 1.54) is 23.9 Å². The van der Waals surface area contributed by atoms with Gasteiger partial charge in [0.1, 0.15) is 10.8 Å². The monoisotopic (exact) mass is 496 g/mol. The van der Waals surface area contributed by atoms with Crippen molar-refractivity contribution in [3.8, 4) is 0 Å². The Bertz CT molecular complexity index is 833. The van der Waals surface area contributed by atoms with Gasteiger partial charge in [0.15, 0.2) is 10.1 Å². The van der Waals surface area contributed by atoms with Gasteiger partial charge in [-0.2, -0.15) is 13.2 Å². The topological polar surface area (TPSA) is 84.0 Å². The van der Waals surface area contributed by atoms with Crippen molar-refractivity contribution in [1.82, 2.24) is 9.97 Å². The molecule has 1 aromatic carbocycles. The summed E-state index contributed by atoms with van der Waals surface area (Å²) in [6.45, 7) is -0.280. The molecule has 6 nitrogen and oxygen atoms in total. The minimum Gasteiger partial charge on any atom is -0.360 e. The first-order valence-corrected chi connectivity index (χ1v) is 9.32. The second kappa shape index (κ2) is 8.66. The van der Waals surface area contributed by atoms with Crippen LogP contribution in [0.5, 0.6) is 0 Å². The standard InChI is InChI=1S/C15H12F3IN4O2S/c1-26-13-10(7-24)12(22-14(19)23-13)20-6-11(25)21-9-4-2-3-8(5-9)15(16,17)18/h2-5,7H,6H2,1H3,(H,21,25)(H,20,22,23). The molecule has 26 heavy (non-hydrogen) atoms.